The Balaban J connectivity index is 0.875. The summed E-state index contributed by atoms with van der Waals surface area (Å²) in [6.45, 7) is 19.5. The second kappa shape index (κ2) is 21.3. The van der Waals surface area contributed by atoms with Crippen molar-refractivity contribution in [3.63, 3.8) is 0 Å². The van der Waals surface area contributed by atoms with Crippen LogP contribution in [0.4, 0.5) is 0 Å². The Kier molecular flexibility index (Phi) is 16.1. The first-order valence-corrected chi connectivity index (χ1v) is 23.1. The van der Waals surface area contributed by atoms with Crippen LogP contribution in [-0.2, 0) is 20.9 Å². The molecule has 352 valence electrons. The number of aliphatic hydroxyl groups excluding tert-OH is 1. The lowest BCUT2D eigenvalue weighted by Gasteiger charge is -2.63. The highest BCUT2D eigenvalue weighted by Gasteiger charge is 2.64. The maximum atomic E-state index is 14.1. The maximum Gasteiger partial charge on any atom is 0.251 e. The number of allylic oxidation sites excluding steroid dienone is 1. The highest BCUT2D eigenvalue weighted by Crippen LogP contribution is 2.55. The second-order valence-electron chi connectivity index (χ2n) is 19.8. The molecule has 0 bridgehead atoms. The number of hydrogen-bond acceptors (Lipinski definition) is 11. The van der Waals surface area contributed by atoms with Crippen molar-refractivity contribution in [3.8, 4) is 28.9 Å². The summed E-state index contributed by atoms with van der Waals surface area (Å²) in [5.41, 5.74) is 2.20. The zero-order chi connectivity index (χ0) is 47.8. The summed E-state index contributed by atoms with van der Waals surface area (Å²) in [5, 5.41) is 29.8. The van der Waals surface area contributed by atoms with Crippen LogP contribution in [0.1, 0.15) is 102 Å². The number of ketones is 1. The Bertz CT molecular complexity index is 2330. The monoisotopic (exact) mass is 921 g/mol. The van der Waals surface area contributed by atoms with Gasteiger partial charge in [-0.2, -0.15) is 5.26 Å². The molecule has 1 unspecified atom stereocenters. The van der Waals surface area contributed by atoms with E-state index in [-0.39, 0.29) is 53.1 Å². The van der Waals surface area contributed by atoms with Crippen molar-refractivity contribution >= 4 is 29.2 Å². The van der Waals surface area contributed by atoms with Gasteiger partial charge in [0.05, 0.1) is 35.5 Å². The smallest absolute Gasteiger partial charge is 0.251 e. The van der Waals surface area contributed by atoms with Gasteiger partial charge in [0, 0.05) is 64.7 Å². The summed E-state index contributed by atoms with van der Waals surface area (Å²) >= 11 is 6.24. The first-order valence-electron chi connectivity index (χ1n) is 22.7. The SMILES string of the molecule is C=C(NCc1ccc(-c2cnco2)cc1)[C@@H]1C[C@@H](O)CC1C(=O)[C@@H](NC(=O)COCCCCCOc1ccc(C(=O)NC2C(C)(C)C(Oc3ccc(C#N)c(Cl)c3)C2(C)C)cc1)C(C)(C)C. The average Bonchev–Trinajstić information content (AvgIpc) is 3.97. The van der Waals surface area contributed by atoms with E-state index < -0.39 is 23.5 Å². The Morgan fingerprint density at radius 2 is 1.62 bits per heavy atom. The van der Waals surface area contributed by atoms with Crippen LogP contribution in [0.2, 0.25) is 5.02 Å². The van der Waals surface area contributed by atoms with Gasteiger partial charge in [-0.15, -0.1) is 0 Å². The number of carbonyl (C=O) groups excluding carboxylic acids is 3. The van der Waals surface area contributed by atoms with Gasteiger partial charge in [0.15, 0.2) is 17.9 Å². The van der Waals surface area contributed by atoms with Gasteiger partial charge < -0.3 is 39.7 Å². The Morgan fingerprint density at radius 3 is 2.26 bits per heavy atom. The van der Waals surface area contributed by atoms with Gasteiger partial charge in [0.2, 0.25) is 5.91 Å². The van der Waals surface area contributed by atoms with Crippen LogP contribution in [0.25, 0.3) is 11.3 Å². The topological polar surface area (TPSA) is 185 Å². The minimum atomic E-state index is -0.777. The first-order chi connectivity index (χ1) is 31.3. The summed E-state index contributed by atoms with van der Waals surface area (Å²) in [6.07, 6.45) is 5.23. The van der Waals surface area contributed by atoms with E-state index >= 15 is 0 Å². The number of aromatic nitrogens is 1. The summed E-state index contributed by atoms with van der Waals surface area (Å²) in [6, 6.07) is 21.1. The quantitative estimate of drug-likeness (QED) is 0.0586. The van der Waals surface area contributed by atoms with Gasteiger partial charge in [-0.1, -0.05) is 90.9 Å². The largest absolute Gasteiger partial charge is 0.494 e. The molecule has 1 heterocycles. The van der Waals surface area contributed by atoms with E-state index in [9.17, 15) is 24.8 Å². The highest BCUT2D eigenvalue weighted by atomic mass is 35.5. The molecule has 4 atom stereocenters. The molecule has 2 aliphatic carbocycles. The Labute approximate surface area is 393 Å². The molecule has 0 spiro atoms. The van der Waals surface area contributed by atoms with Crippen LogP contribution < -0.4 is 25.4 Å². The summed E-state index contributed by atoms with van der Waals surface area (Å²) in [7, 11) is 0. The Hall–Kier alpha value is -5.68. The minimum absolute atomic E-state index is 0.121. The van der Waals surface area contributed by atoms with Crippen molar-refractivity contribution in [3.05, 3.63) is 113 Å². The molecule has 3 aromatic carbocycles. The number of nitrogens with zero attached hydrogens (tertiary/aromatic N) is 2. The van der Waals surface area contributed by atoms with Crippen molar-refractivity contribution in [2.24, 2.45) is 28.1 Å². The molecule has 1 aromatic heterocycles. The summed E-state index contributed by atoms with van der Waals surface area (Å²) in [5.74, 6) is 0.463. The molecule has 0 saturated heterocycles. The molecule has 2 aliphatic rings. The molecular weight excluding hydrogens is 858 g/mol. The van der Waals surface area contributed by atoms with Crippen molar-refractivity contribution < 1.29 is 38.1 Å². The first kappa shape index (κ1) is 49.7. The third-order valence-corrected chi connectivity index (χ3v) is 13.3. The van der Waals surface area contributed by atoms with Gasteiger partial charge in [0.25, 0.3) is 5.91 Å². The van der Waals surface area contributed by atoms with Crippen LogP contribution in [0, 0.1) is 39.4 Å². The number of nitriles is 1. The predicted molar refractivity (Wildman–Crippen MR) is 253 cm³/mol. The lowest BCUT2D eigenvalue weighted by molar-refractivity contribution is -0.164. The molecule has 13 nitrogen and oxygen atoms in total. The number of aliphatic hydroxyl groups is 1. The van der Waals surface area contributed by atoms with Crippen molar-refractivity contribution in [2.75, 3.05) is 19.8 Å². The number of benzene rings is 3. The molecule has 14 heteroatoms. The maximum absolute atomic E-state index is 14.1. The van der Waals surface area contributed by atoms with E-state index in [0.717, 1.165) is 30.4 Å². The molecule has 4 N–H and O–H groups in total. The van der Waals surface area contributed by atoms with Gasteiger partial charge in [0.1, 0.15) is 30.3 Å². The number of hydrogen-bond donors (Lipinski definition) is 4. The fraction of sp³-hybridized carbons (Fsp3) is 0.481. The molecule has 2 saturated carbocycles. The molecule has 0 radical (unpaired) electrons. The third-order valence-electron chi connectivity index (χ3n) is 13.0. The van der Waals surface area contributed by atoms with Crippen LogP contribution in [0.5, 0.6) is 11.5 Å². The standard InChI is InChI=1S/C52H64ClN5O8/c1-32(56-28-33-12-14-34(15-13-33)43-29-55-31-65-43)40-24-37(59)25-41(40)45(61)46(50(2,3)4)57-44(60)30-63-22-10-9-11-23-64-38-19-16-35(17-20-38)47(62)58-48-51(5,6)49(52(48,7)8)66-39-21-18-36(27-54)42(53)26-39/h12-21,26,29,31,37,40-41,46,48-49,56,59H,1,9-11,22-25,28,30H2,2-8H3,(H,57,60)(H,58,62)/t37-,40+,41?,46-,48?,49?/m1/s1. The van der Waals surface area contributed by atoms with Crippen molar-refractivity contribution in [1.29, 1.82) is 5.26 Å². The van der Waals surface area contributed by atoms with Crippen molar-refractivity contribution in [2.45, 2.75) is 111 Å². The lowest BCUT2D eigenvalue weighted by atomic mass is 9.49. The van der Waals surface area contributed by atoms with E-state index in [1.54, 1.807) is 48.7 Å². The van der Waals surface area contributed by atoms with Crippen LogP contribution in [0.15, 0.2) is 96.0 Å². The molecule has 0 aliphatic heterocycles. The van der Waals surface area contributed by atoms with Gasteiger partial charge in [-0.3, -0.25) is 14.4 Å². The minimum Gasteiger partial charge on any atom is -0.494 e. The average molecular weight is 923 g/mol. The number of Topliss-reactive ketones (excluding diaryl/α,β-unsaturated/α-hetero) is 1. The van der Waals surface area contributed by atoms with Crippen LogP contribution in [0.3, 0.4) is 0 Å². The van der Waals surface area contributed by atoms with E-state index in [0.29, 0.717) is 71.7 Å². The molecule has 6 rings (SSSR count). The molecule has 2 amide bonds. The number of ether oxygens (including phenoxy) is 3. The summed E-state index contributed by atoms with van der Waals surface area (Å²) in [4.78, 5) is 44.5. The fourth-order valence-electron chi connectivity index (χ4n) is 9.68. The van der Waals surface area contributed by atoms with E-state index in [4.69, 9.17) is 30.2 Å². The number of unbranched alkanes of at least 4 members (excludes halogenated alkanes) is 2. The van der Waals surface area contributed by atoms with Gasteiger partial charge in [-0.25, -0.2) is 4.98 Å². The van der Waals surface area contributed by atoms with E-state index in [2.05, 4.69) is 61.3 Å². The summed E-state index contributed by atoms with van der Waals surface area (Å²) < 4.78 is 23.4. The van der Waals surface area contributed by atoms with Crippen molar-refractivity contribution in [1.82, 2.24) is 20.9 Å². The number of oxazole rings is 1. The number of nitrogens with one attached hydrogen (secondary N) is 3. The number of halogens is 1. The molecule has 2 fully saturated rings. The van der Waals surface area contributed by atoms with Gasteiger partial charge in [-0.05, 0) is 79.5 Å². The molecule has 66 heavy (non-hydrogen) atoms. The number of rotatable bonds is 21. The second-order valence-corrected chi connectivity index (χ2v) is 20.2. The van der Waals surface area contributed by atoms with Crippen LogP contribution >= 0.6 is 11.6 Å². The Morgan fingerprint density at radius 1 is 0.955 bits per heavy atom. The van der Waals surface area contributed by atoms with Gasteiger partial charge >= 0.3 is 0 Å². The lowest BCUT2D eigenvalue weighted by Crippen LogP contribution is -2.74. The fourth-order valence-corrected chi connectivity index (χ4v) is 9.90. The van der Waals surface area contributed by atoms with E-state index in [1.165, 1.54) is 6.39 Å². The highest BCUT2D eigenvalue weighted by molar-refractivity contribution is 6.31. The molecule has 4 aromatic rings. The normalized spacial score (nSPS) is 21.1. The van der Waals surface area contributed by atoms with Crippen LogP contribution in [-0.4, -0.2) is 71.8 Å². The zero-order valence-electron chi connectivity index (χ0n) is 39.1. The predicted octanol–water partition coefficient (Wildman–Crippen LogP) is 8.83. The number of amides is 2. The zero-order valence-corrected chi connectivity index (χ0v) is 39.9. The number of carbonyl (C=O) groups is 3. The third kappa shape index (κ3) is 12.0. The molecular formula is C52H64ClN5O8. The van der Waals surface area contributed by atoms with E-state index in [1.807, 2.05) is 45.0 Å².